The highest BCUT2D eigenvalue weighted by molar-refractivity contribution is 7.97. The Morgan fingerprint density at radius 2 is 0.795 bits per heavy atom. The summed E-state index contributed by atoms with van der Waals surface area (Å²) >= 11 is 0. The average Bonchev–Trinajstić information content (AvgIpc) is 2.81. The Morgan fingerprint density at radius 1 is 0.538 bits per heavy atom. The minimum Gasteiger partial charge on any atom is -0.743 e. The Kier molecular flexibility index (Phi) is 9.51. The van der Waals surface area contributed by atoms with E-state index in [-0.39, 0.29) is 10.9 Å². The molecule has 0 saturated carbocycles. The van der Waals surface area contributed by atoms with Gasteiger partial charge in [0.1, 0.15) is 0 Å². The highest BCUT2D eigenvalue weighted by Crippen LogP contribution is 2.54. The lowest BCUT2D eigenvalue weighted by Gasteiger charge is -2.34. The predicted molar refractivity (Wildman–Crippen MR) is 126 cm³/mol. The van der Waals surface area contributed by atoms with Crippen molar-refractivity contribution < 1.29 is 52.5 Å². The minimum atomic E-state index is -7.43. The largest absolute Gasteiger partial charge is 0.743 e. The first-order chi connectivity index (χ1) is 17.6. The molecule has 0 atom stereocenters. The summed E-state index contributed by atoms with van der Waals surface area (Å²) in [5, 5.41) is -7.11. The van der Waals surface area contributed by atoms with Crippen LogP contribution in [0.4, 0.5) is 39.5 Å². The molecule has 0 unspecified atom stereocenters. The molecular formula is C25H21F9O3S2. The van der Waals surface area contributed by atoms with Gasteiger partial charge in [-0.3, -0.25) is 0 Å². The van der Waals surface area contributed by atoms with Crippen LogP contribution in [0.2, 0.25) is 0 Å². The van der Waals surface area contributed by atoms with Crippen LogP contribution in [-0.2, 0) is 21.0 Å². The van der Waals surface area contributed by atoms with Crippen molar-refractivity contribution >= 4 is 21.0 Å². The van der Waals surface area contributed by atoms with Crippen LogP contribution in [0.3, 0.4) is 0 Å². The van der Waals surface area contributed by atoms with Gasteiger partial charge in [0.2, 0.25) is 0 Å². The second-order valence-electron chi connectivity index (χ2n) is 8.36. The Labute approximate surface area is 221 Å². The molecule has 214 valence electrons. The molecule has 3 nitrogen and oxygen atoms in total. The van der Waals surface area contributed by atoms with Crippen LogP contribution in [0.15, 0.2) is 87.5 Å². The van der Waals surface area contributed by atoms with Crippen LogP contribution < -0.4 is 0 Å². The summed E-state index contributed by atoms with van der Waals surface area (Å²) in [4.78, 5) is 4.12. The van der Waals surface area contributed by atoms with E-state index in [0.717, 1.165) is 0 Å². The molecule has 0 saturated heterocycles. The van der Waals surface area contributed by atoms with Gasteiger partial charge < -0.3 is 4.55 Å². The first-order valence-electron chi connectivity index (χ1n) is 10.7. The van der Waals surface area contributed by atoms with Gasteiger partial charge in [-0.25, -0.2) is 8.42 Å². The standard InChI is InChI=1S/C21H21S.C4HF9O3S/c1-16-4-10-19(11-5-16)22(20-12-6-17(2)7-13-20)21-14-8-18(3)9-15-21;5-1(6,3(9,10)11)2(7,8)4(12,13)17(14,15)16/h4-15H,1-3H3;(H,14,15,16)/q+1;/p-1. The fourth-order valence-electron chi connectivity index (χ4n) is 2.95. The van der Waals surface area contributed by atoms with Gasteiger partial charge in [0, 0.05) is 0 Å². The van der Waals surface area contributed by atoms with Crippen molar-refractivity contribution in [2.45, 2.75) is 58.7 Å². The van der Waals surface area contributed by atoms with Gasteiger partial charge in [-0.1, -0.05) is 53.1 Å². The molecule has 39 heavy (non-hydrogen) atoms. The molecule has 0 aromatic heterocycles. The zero-order valence-corrected chi connectivity index (χ0v) is 22.0. The van der Waals surface area contributed by atoms with E-state index in [1.54, 1.807) is 0 Å². The number of alkyl halides is 9. The summed E-state index contributed by atoms with van der Waals surface area (Å²) < 4.78 is 135. The van der Waals surface area contributed by atoms with Crippen molar-refractivity contribution in [1.82, 2.24) is 0 Å². The fraction of sp³-hybridized carbons (Fsp3) is 0.280. The summed E-state index contributed by atoms with van der Waals surface area (Å²) in [6, 6.07) is 26.8. The van der Waals surface area contributed by atoms with Crippen LogP contribution in [0.5, 0.6) is 0 Å². The molecule has 0 N–H and O–H groups in total. The van der Waals surface area contributed by atoms with Crippen molar-refractivity contribution in [2.24, 2.45) is 0 Å². The Bertz CT molecular complexity index is 1250. The summed E-state index contributed by atoms with van der Waals surface area (Å²) in [5.74, 6) is -14.8. The quantitative estimate of drug-likeness (QED) is 0.165. The average molecular weight is 605 g/mol. The summed E-state index contributed by atoms with van der Waals surface area (Å²) in [7, 11) is -7.46. The molecule has 0 aliphatic carbocycles. The molecular weight excluding hydrogens is 583 g/mol. The van der Waals surface area contributed by atoms with Gasteiger partial charge in [0.15, 0.2) is 24.8 Å². The molecule has 0 heterocycles. The number of hydrogen-bond donors (Lipinski definition) is 0. The second kappa shape index (κ2) is 11.4. The number of halogens is 9. The number of rotatable bonds is 6. The molecule has 3 aromatic carbocycles. The van der Waals surface area contributed by atoms with E-state index in [1.807, 2.05) is 0 Å². The van der Waals surface area contributed by atoms with Gasteiger partial charge in [-0.05, 0) is 57.2 Å². The van der Waals surface area contributed by atoms with Crippen LogP contribution >= 0.6 is 0 Å². The normalized spacial score (nSPS) is 13.2. The lowest BCUT2D eigenvalue weighted by molar-refractivity contribution is -0.382. The van der Waals surface area contributed by atoms with E-state index in [0.29, 0.717) is 0 Å². The molecule has 0 fully saturated rings. The molecule has 0 spiro atoms. The minimum absolute atomic E-state index is 0.0394. The summed E-state index contributed by atoms with van der Waals surface area (Å²) in [6.45, 7) is 6.42. The summed E-state index contributed by atoms with van der Waals surface area (Å²) in [5.41, 5.74) is 3.92. The maximum atomic E-state index is 12.2. The van der Waals surface area contributed by atoms with Gasteiger partial charge in [-0.15, -0.1) is 0 Å². The number of hydrogen-bond acceptors (Lipinski definition) is 3. The summed E-state index contributed by atoms with van der Waals surface area (Å²) in [6.07, 6.45) is -7.16. The van der Waals surface area contributed by atoms with Crippen LogP contribution in [0.1, 0.15) is 16.7 Å². The first-order valence-corrected chi connectivity index (χ1v) is 13.4. The maximum Gasteiger partial charge on any atom is 0.460 e. The van der Waals surface area contributed by atoms with Crippen molar-refractivity contribution in [1.29, 1.82) is 0 Å². The van der Waals surface area contributed by atoms with E-state index >= 15 is 0 Å². The molecule has 0 aliphatic rings. The first kappa shape index (κ1) is 32.5. The van der Waals surface area contributed by atoms with Gasteiger partial charge >= 0.3 is 23.3 Å². The monoisotopic (exact) mass is 604 g/mol. The van der Waals surface area contributed by atoms with Crippen molar-refractivity contribution in [3.05, 3.63) is 89.5 Å². The van der Waals surface area contributed by atoms with Crippen LogP contribution in [-0.4, -0.2) is 36.2 Å². The maximum absolute atomic E-state index is 12.2. The molecule has 0 aliphatic heterocycles. The van der Waals surface area contributed by atoms with Gasteiger partial charge in [0.05, 0.1) is 10.9 Å². The molecule has 0 radical (unpaired) electrons. The molecule has 3 rings (SSSR count). The third kappa shape index (κ3) is 6.90. The highest BCUT2D eigenvalue weighted by Gasteiger charge is 2.83. The highest BCUT2D eigenvalue weighted by atomic mass is 32.2. The van der Waals surface area contributed by atoms with E-state index < -0.39 is 33.4 Å². The van der Waals surface area contributed by atoms with E-state index in [2.05, 4.69) is 93.6 Å². The zero-order chi connectivity index (χ0) is 30.0. The third-order valence-electron chi connectivity index (χ3n) is 5.20. The second-order valence-corrected chi connectivity index (χ2v) is 11.8. The number of benzene rings is 3. The van der Waals surface area contributed by atoms with Crippen molar-refractivity contribution in [3.63, 3.8) is 0 Å². The lowest BCUT2D eigenvalue weighted by atomic mass is 10.1. The Hall–Kier alpha value is -2.71. The smallest absolute Gasteiger partial charge is 0.460 e. The fourth-order valence-corrected chi connectivity index (χ4v) is 5.43. The Morgan fingerprint density at radius 3 is 1.00 bits per heavy atom. The van der Waals surface area contributed by atoms with E-state index in [9.17, 15) is 52.5 Å². The zero-order valence-electron chi connectivity index (χ0n) is 20.4. The molecule has 0 amide bonds. The van der Waals surface area contributed by atoms with Crippen molar-refractivity contribution in [2.75, 3.05) is 0 Å². The SMILES string of the molecule is Cc1ccc([S+](c2ccc(C)cc2)c2ccc(C)cc2)cc1.O=S(=O)([O-])C(F)(F)C(F)(F)C(F)(F)C(F)(F)F. The van der Waals surface area contributed by atoms with Crippen molar-refractivity contribution in [3.8, 4) is 0 Å². The van der Waals surface area contributed by atoms with Crippen LogP contribution in [0.25, 0.3) is 0 Å². The topological polar surface area (TPSA) is 57.2 Å². The Balaban J connectivity index is 0.000000285. The third-order valence-corrected chi connectivity index (χ3v) is 8.31. The lowest BCUT2D eigenvalue weighted by Crippen LogP contribution is -2.63. The number of aryl methyl sites for hydroxylation is 3. The molecule has 0 bridgehead atoms. The van der Waals surface area contributed by atoms with Crippen LogP contribution in [0, 0.1) is 20.8 Å². The van der Waals surface area contributed by atoms with E-state index in [1.165, 1.54) is 31.4 Å². The van der Waals surface area contributed by atoms with Gasteiger partial charge in [-0.2, -0.15) is 39.5 Å². The van der Waals surface area contributed by atoms with Gasteiger partial charge in [0.25, 0.3) is 0 Å². The predicted octanol–water partition coefficient (Wildman–Crippen LogP) is 7.66. The molecule has 14 heteroatoms. The van der Waals surface area contributed by atoms with E-state index in [4.69, 9.17) is 0 Å². The molecule has 3 aromatic rings.